The van der Waals surface area contributed by atoms with Crippen molar-refractivity contribution < 1.29 is 14.3 Å². The van der Waals surface area contributed by atoms with E-state index in [1.807, 2.05) is 25.7 Å². The van der Waals surface area contributed by atoms with Crippen molar-refractivity contribution in [1.29, 1.82) is 0 Å². The number of nitrogens with zero attached hydrogens (tertiary/aromatic N) is 2. The predicted octanol–water partition coefficient (Wildman–Crippen LogP) is 3.73. The zero-order valence-electron chi connectivity index (χ0n) is 15.3. The summed E-state index contributed by atoms with van der Waals surface area (Å²) >= 11 is 12.0. The highest BCUT2D eigenvalue weighted by Gasteiger charge is 2.28. The minimum absolute atomic E-state index is 0.148. The van der Waals surface area contributed by atoms with Crippen LogP contribution in [0.4, 0.5) is 10.5 Å². The highest BCUT2D eigenvalue weighted by Crippen LogP contribution is 2.25. The maximum atomic E-state index is 12.5. The van der Waals surface area contributed by atoms with Crippen LogP contribution in [0.2, 0.25) is 10.0 Å². The number of amides is 2. The molecule has 6 nitrogen and oxygen atoms in total. The number of carbonyl (C=O) groups excluding carboxylic acids is 2. The van der Waals surface area contributed by atoms with Crippen LogP contribution < -0.4 is 5.32 Å². The fourth-order valence-corrected chi connectivity index (χ4v) is 3.07. The number of halogens is 2. The highest BCUT2D eigenvalue weighted by molar-refractivity contribution is 6.36. The summed E-state index contributed by atoms with van der Waals surface area (Å²) < 4.78 is 5.25. The summed E-state index contributed by atoms with van der Waals surface area (Å²) in [5.74, 6) is 0.161. The normalized spacial score (nSPS) is 16.5. The fourth-order valence-electron chi connectivity index (χ4n) is 2.61. The van der Waals surface area contributed by atoms with E-state index in [1.165, 1.54) is 0 Å². The number of anilines is 1. The molecule has 1 unspecified atom stereocenters. The molecule has 1 saturated heterocycles. The standard InChI is InChI=1S/C18H25Cl2N3O3/c1-12(2)11-26-18(25)23-8-6-22(7-9-23)13(3)17(24)21-16-5-4-14(19)10-15(16)20/h4-5,10,12-13H,6-9,11H2,1-3H3,(H,21,24). The largest absolute Gasteiger partial charge is 0.449 e. The first-order valence-electron chi connectivity index (χ1n) is 8.69. The summed E-state index contributed by atoms with van der Waals surface area (Å²) in [6, 6.07) is 4.61. The molecular weight excluding hydrogens is 377 g/mol. The molecule has 1 aromatic rings. The fraction of sp³-hybridized carbons (Fsp3) is 0.556. The van der Waals surface area contributed by atoms with E-state index in [1.54, 1.807) is 23.1 Å². The van der Waals surface area contributed by atoms with Gasteiger partial charge < -0.3 is 15.0 Å². The summed E-state index contributed by atoms with van der Waals surface area (Å²) in [4.78, 5) is 28.2. The zero-order valence-corrected chi connectivity index (χ0v) is 16.8. The molecule has 1 heterocycles. The van der Waals surface area contributed by atoms with Gasteiger partial charge in [0.2, 0.25) is 5.91 Å². The van der Waals surface area contributed by atoms with Crippen molar-refractivity contribution in [1.82, 2.24) is 9.80 Å². The molecule has 1 N–H and O–H groups in total. The average molecular weight is 402 g/mol. The van der Waals surface area contributed by atoms with Gasteiger partial charge in [-0.05, 0) is 31.0 Å². The number of carbonyl (C=O) groups is 2. The Balaban J connectivity index is 1.84. The molecule has 1 fully saturated rings. The number of hydrogen-bond donors (Lipinski definition) is 1. The quantitative estimate of drug-likeness (QED) is 0.816. The minimum atomic E-state index is -0.337. The van der Waals surface area contributed by atoms with Crippen molar-refractivity contribution in [2.24, 2.45) is 5.92 Å². The van der Waals surface area contributed by atoms with Gasteiger partial charge in [-0.1, -0.05) is 37.0 Å². The molecule has 0 aromatic heterocycles. The second-order valence-corrected chi connectivity index (χ2v) is 7.63. The summed E-state index contributed by atoms with van der Waals surface area (Å²) in [5, 5.41) is 3.74. The first-order chi connectivity index (χ1) is 12.3. The Morgan fingerprint density at radius 2 is 1.81 bits per heavy atom. The van der Waals surface area contributed by atoms with E-state index in [0.29, 0.717) is 54.4 Å². The predicted molar refractivity (Wildman–Crippen MR) is 104 cm³/mol. The number of nitrogens with one attached hydrogen (secondary N) is 1. The van der Waals surface area contributed by atoms with Gasteiger partial charge in [0.25, 0.3) is 0 Å². The van der Waals surface area contributed by atoms with Crippen molar-refractivity contribution in [2.45, 2.75) is 26.8 Å². The Morgan fingerprint density at radius 3 is 2.38 bits per heavy atom. The van der Waals surface area contributed by atoms with Gasteiger partial charge in [-0.3, -0.25) is 9.69 Å². The van der Waals surface area contributed by atoms with Crippen molar-refractivity contribution >= 4 is 40.9 Å². The van der Waals surface area contributed by atoms with E-state index >= 15 is 0 Å². The molecule has 0 saturated carbocycles. The molecule has 0 radical (unpaired) electrons. The minimum Gasteiger partial charge on any atom is -0.449 e. The molecule has 1 aromatic carbocycles. The van der Waals surface area contributed by atoms with Crippen LogP contribution in [-0.2, 0) is 9.53 Å². The Kier molecular flexibility index (Phi) is 7.55. The molecule has 0 aliphatic carbocycles. The topological polar surface area (TPSA) is 61.9 Å². The summed E-state index contributed by atoms with van der Waals surface area (Å²) in [6.07, 6.45) is -0.289. The molecular formula is C18H25Cl2N3O3. The van der Waals surface area contributed by atoms with Crippen LogP contribution in [0.3, 0.4) is 0 Å². The third-order valence-electron chi connectivity index (χ3n) is 4.23. The highest BCUT2D eigenvalue weighted by atomic mass is 35.5. The third-order valence-corrected chi connectivity index (χ3v) is 4.78. The third kappa shape index (κ3) is 5.76. The van der Waals surface area contributed by atoms with Gasteiger partial charge in [0.15, 0.2) is 0 Å². The number of hydrogen-bond acceptors (Lipinski definition) is 4. The lowest BCUT2D eigenvalue weighted by atomic mass is 10.2. The van der Waals surface area contributed by atoms with E-state index in [-0.39, 0.29) is 18.0 Å². The lowest BCUT2D eigenvalue weighted by Gasteiger charge is -2.36. The van der Waals surface area contributed by atoms with Crippen molar-refractivity contribution in [3.05, 3.63) is 28.2 Å². The molecule has 144 valence electrons. The first-order valence-corrected chi connectivity index (χ1v) is 9.45. The van der Waals surface area contributed by atoms with E-state index < -0.39 is 0 Å². The van der Waals surface area contributed by atoms with E-state index in [9.17, 15) is 9.59 Å². The van der Waals surface area contributed by atoms with E-state index in [0.717, 1.165) is 0 Å². The van der Waals surface area contributed by atoms with E-state index in [2.05, 4.69) is 5.32 Å². The first kappa shape index (κ1) is 20.8. The monoisotopic (exact) mass is 401 g/mol. The van der Waals surface area contributed by atoms with Crippen molar-refractivity contribution in [2.75, 3.05) is 38.1 Å². The van der Waals surface area contributed by atoms with Gasteiger partial charge >= 0.3 is 6.09 Å². The molecule has 0 bridgehead atoms. The smallest absolute Gasteiger partial charge is 0.409 e. The Hall–Kier alpha value is -1.50. The molecule has 1 aliphatic rings. The van der Waals surface area contributed by atoms with Crippen LogP contribution in [0, 0.1) is 5.92 Å². The molecule has 0 spiro atoms. The lowest BCUT2D eigenvalue weighted by molar-refractivity contribution is -0.121. The van der Waals surface area contributed by atoms with Gasteiger partial charge in [0.1, 0.15) is 0 Å². The van der Waals surface area contributed by atoms with Crippen LogP contribution in [0.15, 0.2) is 18.2 Å². The van der Waals surface area contributed by atoms with Crippen LogP contribution in [-0.4, -0.2) is 60.6 Å². The summed E-state index contributed by atoms with van der Waals surface area (Å²) in [6.45, 7) is 8.55. The Bertz CT molecular complexity index is 647. The Morgan fingerprint density at radius 1 is 1.15 bits per heavy atom. The van der Waals surface area contributed by atoms with Gasteiger partial charge in [-0.15, -0.1) is 0 Å². The van der Waals surface area contributed by atoms with Crippen LogP contribution >= 0.6 is 23.2 Å². The SMILES string of the molecule is CC(C)COC(=O)N1CCN(C(C)C(=O)Nc2ccc(Cl)cc2Cl)CC1. The van der Waals surface area contributed by atoms with Crippen LogP contribution in [0.1, 0.15) is 20.8 Å². The van der Waals surface area contributed by atoms with Crippen LogP contribution in [0.25, 0.3) is 0 Å². The van der Waals surface area contributed by atoms with Gasteiger partial charge in [0, 0.05) is 31.2 Å². The molecule has 2 rings (SSSR count). The summed E-state index contributed by atoms with van der Waals surface area (Å²) in [7, 11) is 0. The molecule has 26 heavy (non-hydrogen) atoms. The molecule has 8 heteroatoms. The number of rotatable bonds is 5. The Labute approximate surface area is 164 Å². The molecule has 1 aliphatic heterocycles. The number of piperazine rings is 1. The average Bonchev–Trinajstić information content (AvgIpc) is 2.61. The summed E-state index contributed by atoms with van der Waals surface area (Å²) in [5.41, 5.74) is 0.531. The zero-order chi connectivity index (χ0) is 19.3. The lowest BCUT2D eigenvalue weighted by Crippen LogP contribution is -2.54. The molecule has 1 atom stereocenters. The van der Waals surface area contributed by atoms with Gasteiger partial charge in [0.05, 0.1) is 23.4 Å². The second kappa shape index (κ2) is 9.44. The number of ether oxygens (including phenoxy) is 1. The van der Waals surface area contributed by atoms with Crippen molar-refractivity contribution in [3.8, 4) is 0 Å². The van der Waals surface area contributed by atoms with Crippen molar-refractivity contribution in [3.63, 3.8) is 0 Å². The molecule has 2 amide bonds. The maximum Gasteiger partial charge on any atom is 0.409 e. The van der Waals surface area contributed by atoms with E-state index in [4.69, 9.17) is 27.9 Å². The maximum absolute atomic E-state index is 12.5. The van der Waals surface area contributed by atoms with Gasteiger partial charge in [-0.25, -0.2) is 4.79 Å². The van der Waals surface area contributed by atoms with Gasteiger partial charge in [-0.2, -0.15) is 0 Å². The number of benzene rings is 1. The second-order valence-electron chi connectivity index (χ2n) is 6.78. The van der Waals surface area contributed by atoms with Crippen LogP contribution in [0.5, 0.6) is 0 Å².